The lowest BCUT2D eigenvalue weighted by atomic mass is 10.2. The van der Waals surface area contributed by atoms with Crippen LogP contribution in [0.5, 0.6) is 0 Å². The molecule has 4 N–H and O–H groups in total. The van der Waals surface area contributed by atoms with Crippen LogP contribution in [0, 0.1) is 0 Å². The van der Waals surface area contributed by atoms with Gasteiger partial charge in [0, 0.05) is 18.9 Å². The van der Waals surface area contributed by atoms with E-state index < -0.39 is 12.0 Å². The molecule has 0 amide bonds. The zero-order chi connectivity index (χ0) is 11.1. The maximum Gasteiger partial charge on any atom is 0.320 e. The monoisotopic (exact) mass is 210 g/mol. The molecule has 0 aliphatic carbocycles. The highest BCUT2D eigenvalue weighted by Gasteiger charge is 2.09. The summed E-state index contributed by atoms with van der Waals surface area (Å²) in [6.45, 7) is 0.616. The van der Waals surface area contributed by atoms with Gasteiger partial charge in [-0.3, -0.25) is 4.79 Å². The van der Waals surface area contributed by atoms with Crippen molar-refractivity contribution in [3.8, 4) is 0 Å². The molecule has 15 heavy (non-hydrogen) atoms. The summed E-state index contributed by atoms with van der Waals surface area (Å²) in [4.78, 5) is 18.3. The molecule has 1 atom stereocenters. The van der Waals surface area contributed by atoms with Crippen LogP contribution in [0.1, 0.15) is 12.8 Å². The molecule has 1 heterocycles. The molecule has 0 saturated heterocycles. The Kier molecular flexibility index (Phi) is 4.49. The number of carbonyl (C=O) groups is 1. The first-order valence-corrected chi connectivity index (χ1v) is 4.69. The molecular formula is C9H14N4O2. The molecule has 6 heteroatoms. The second kappa shape index (κ2) is 5.92. The number of nitrogens with two attached hydrogens (primary N) is 1. The Morgan fingerprint density at radius 2 is 2.20 bits per heavy atom. The number of nitrogens with zero attached hydrogens (tertiary/aromatic N) is 2. The molecule has 82 valence electrons. The van der Waals surface area contributed by atoms with Crippen molar-refractivity contribution >= 4 is 11.9 Å². The molecule has 0 spiro atoms. The van der Waals surface area contributed by atoms with Gasteiger partial charge in [0.25, 0.3) is 0 Å². The largest absolute Gasteiger partial charge is 0.480 e. The molecule has 0 fully saturated rings. The van der Waals surface area contributed by atoms with Crippen molar-refractivity contribution in [2.24, 2.45) is 5.73 Å². The van der Waals surface area contributed by atoms with Gasteiger partial charge in [0.15, 0.2) is 0 Å². The van der Waals surface area contributed by atoms with Crippen molar-refractivity contribution in [3.05, 3.63) is 18.5 Å². The van der Waals surface area contributed by atoms with Crippen LogP contribution in [0.25, 0.3) is 0 Å². The summed E-state index contributed by atoms with van der Waals surface area (Å²) in [6.07, 6.45) is 4.39. The average molecular weight is 210 g/mol. The van der Waals surface area contributed by atoms with Crippen molar-refractivity contribution in [1.82, 2.24) is 9.97 Å². The van der Waals surface area contributed by atoms with Gasteiger partial charge < -0.3 is 16.2 Å². The number of hydrogen-bond donors (Lipinski definition) is 3. The molecule has 6 nitrogen and oxygen atoms in total. The molecule has 1 aromatic rings. The highest BCUT2D eigenvalue weighted by molar-refractivity contribution is 5.72. The van der Waals surface area contributed by atoms with Gasteiger partial charge >= 0.3 is 5.97 Å². The van der Waals surface area contributed by atoms with E-state index in [2.05, 4.69) is 15.3 Å². The first kappa shape index (κ1) is 11.4. The van der Waals surface area contributed by atoms with Crippen LogP contribution in [0.15, 0.2) is 18.5 Å². The summed E-state index contributed by atoms with van der Waals surface area (Å²) < 4.78 is 0. The molecule has 0 aliphatic rings. The second-order valence-corrected chi connectivity index (χ2v) is 3.09. The molecule has 0 aromatic carbocycles. The molecule has 0 aliphatic heterocycles. The SMILES string of the molecule is NC(CCCNc1ncccn1)C(=O)O. The van der Waals surface area contributed by atoms with Gasteiger partial charge in [0.2, 0.25) is 5.95 Å². The summed E-state index contributed by atoms with van der Waals surface area (Å²) in [7, 11) is 0. The highest BCUT2D eigenvalue weighted by Crippen LogP contribution is 1.98. The van der Waals surface area contributed by atoms with Crippen LogP contribution >= 0.6 is 0 Å². The lowest BCUT2D eigenvalue weighted by molar-refractivity contribution is -0.138. The van der Waals surface area contributed by atoms with Crippen molar-refractivity contribution < 1.29 is 9.90 Å². The van der Waals surface area contributed by atoms with Gasteiger partial charge in [-0.2, -0.15) is 0 Å². The topological polar surface area (TPSA) is 101 Å². The van der Waals surface area contributed by atoms with Crippen molar-refractivity contribution in [1.29, 1.82) is 0 Å². The molecule has 1 rings (SSSR count). The van der Waals surface area contributed by atoms with E-state index >= 15 is 0 Å². The Morgan fingerprint density at radius 3 is 2.80 bits per heavy atom. The molecule has 0 bridgehead atoms. The normalized spacial score (nSPS) is 12.1. The quantitative estimate of drug-likeness (QED) is 0.575. The fourth-order valence-electron chi connectivity index (χ4n) is 1.04. The minimum atomic E-state index is -0.967. The summed E-state index contributed by atoms with van der Waals surface area (Å²) in [5, 5.41) is 11.5. The van der Waals surface area contributed by atoms with Crippen LogP contribution in [0.2, 0.25) is 0 Å². The summed E-state index contributed by atoms with van der Waals surface area (Å²) in [6, 6.07) is 0.939. The van der Waals surface area contributed by atoms with E-state index in [1.165, 1.54) is 0 Å². The van der Waals surface area contributed by atoms with E-state index in [0.29, 0.717) is 25.3 Å². The predicted octanol–water partition coefficient (Wildman–Crippen LogP) is 0.0806. The first-order chi connectivity index (χ1) is 7.20. The Bertz CT molecular complexity index is 304. The maximum absolute atomic E-state index is 10.4. The van der Waals surface area contributed by atoms with Crippen LogP contribution in [0.4, 0.5) is 5.95 Å². The van der Waals surface area contributed by atoms with Crippen LogP contribution in [-0.2, 0) is 4.79 Å². The summed E-state index contributed by atoms with van der Waals surface area (Å²) >= 11 is 0. The second-order valence-electron chi connectivity index (χ2n) is 3.09. The molecule has 1 unspecified atom stereocenters. The number of carboxylic acids is 1. The number of carboxylic acid groups (broad SMARTS) is 1. The van der Waals surface area contributed by atoms with Gasteiger partial charge in [-0.1, -0.05) is 0 Å². The zero-order valence-corrected chi connectivity index (χ0v) is 8.26. The van der Waals surface area contributed by atoms with E-state index in [1.54, 1.807) is 18.5 Å². The van der Waals surface area contributed by atoms with Crippen LogP contribution < -0.4 is 11.1 Å². The Labute approximate surface area is 87.5 Å². The highest BCUT2D eigenvalue weighted by atomic mass is 16.4. The zero-order valence-electron chi connectivity index (χ0n) is 8.26. The predicted molar refractivity (Wildman–Crippen MR) is 55.4 cm³/mol. The fourth-order valence-corrected chi connectivity index (χ4v) is 1.04. The Balaban J connectivity index is 2.15. The third kappa shape index (κ3) is 4.37. The van der Waals surface area contributed by atoms with E-state index in [9.17, 15) is 4.79 Å². The van der Waals surface area contributed by atoms with Gasteiger partial charge in [-0.15, -0.1) is 0 Å². The van der Waals surface area contributed by atoms with E-state index in [-0.39, 0.29) is 0 Å². The lowest BCUT2D eigenvalue weighted by Gasteiger charge is -2.06. The number of aromatic nitrogens is 2. The average Bonchev–Trinajstić information content (AvgIpc) is 2.25. The standard InChI is InChI=1S/C9H14N4O2/c10-7(8(14)15)3-1-4-11-9-12-5-2-6-13-9/h2,5-7H,1,3-4,10H2,(H,14,15)(H,11,12,13). The minimum absolute atomic E-state index is 0.440. The van der Waals surface area contributed by atoms with Crippen LogP contribution in [-0.4, -0.2) is 33.6 Å². The minimum Gasteiger partial charge on any atom is -0.480 e. The van der Waals surface area contributed by atoms with Crippen LogP contribution in [0.3, 0.4) is 0 Å². The van der Waals surface area contributed by atoms with Crippen molar-refractivity contribution in [2.75, 3.05) is 11.9 Å². The van der Waals surface area contributed by atoms with E-state index in [1.807, 2.05) is 0 Å². The molecule has 0 radical (unpaired) electrons. The number of nitrogens with one attached hydrogen (secondary N) is 1. The maximum atomic E-state index is 10.4. The molecule has 0 saturated carbocycles. The van der Waals surface area contributed by atoms with Gasteiger partial charge in [-0.05, 0) is 18.9 Å². The van der Waals surface area contributed by atoms with Crippen molar-refractivity contribution in [3.63, 3.8) is 0 Å². The number of rotatable bonds is 6. The first-order valence-electron chi connectivity index (χ1n) is 4.69. The Hall–Kier alpha value is -1.69. The number of hydrogen-bond acceptors (Lipinski definition) is 5. The molecular weight excluding hydrogens is 196 g/mol. The number of anilines is 1. The summed E-state index contributed by atoms with van der Waals surface area (Å²) in [5.74, 6) is -0.424. The third-order valence-corrected chi connectivity index (χ3v) is 1.86. The number of aliphatic carboxylic acids is 1. The third-order valence-electron chi connectivity index (χ3n) is 1.86. The lowest BCUT2D eigenvalue weighted by Crippen LogP contribution is -2.30. The van der Waals surface area contributed by atoms with E-state index in [4.69, 9.17) is 10.8 Å². The van der Waals surface area contributed by atoms with Gasteiger partial charge in [0.1, 0.15) is 6.04 Å². The summed E-state index contributed by atoms with van der Waals surface area (Å²) in [5.41, 5.74) is 5.34. The van der Waals surface area contributed by atoms with E-state index in [0.717, 1.165) is 0 Å². The Morgan fingerprint density at radius 1 is 1.53 bits per heavy atom. The van der Waals surface area contributed by atoms with Crippen molar-refractivity contribution in [2.45, 2.75) is 18.9 Å². The van der Waals surface area contributed by atoms with Gasteiger partial charge in [0.05, 0.1) is 0 Å². The smallest absolute Gasteiger partial charge is 0.320 e. The molecule has 1 aromatic heterocycles. The van der Waals surface area contributed by atoms with Gasteiger partial charge in [-0.25, -0.2) is 9.97 Å². The fraction of sp³-hybridized carbons (Fsp3) is 0.444.